The third-order valence-electron chi connectivity index (χ3n) is 1.70. The normalized spacial score (nSPS) is 10.7. The van der Waals surface area contributed by atoms with E-state index in [0.29, 0.717) is 0 Å². The Morgan fingerprint density at radius 3 is 2.82 bits per heavy atom. The van der Waals surface area contributed by atoms with E-state index >= 15 is 0 Å². The molecule has 0 saturated heterocycles. The van der Waals surface area contributed by atoms with Crippen molar-refractivity contribution in [1.29, 1.82) is 0 Å². The zero-order valence-electron chi connectivity index (χ0n) is 6.15. The molecule has 56 valence electrons. The Bertz CT molecular complexity index is 392. The van der Waals surface area contributed by atoms with Gasteiger partial charge in [0.2, 0.25) is 0 Å². The Morgan fingerprint density at radius 1 is 1.36 bits per heavy atom. The van der Waals surface area contributed by atoms with Crippen molar-refractivity contribution in [2.75, 3.05) is 0 Å². The Kier molecular flexibility index (Phi) is 1.39. The fourth-order valence-electron chi connectivity index (χ4n) is 1.13. The summed E-state index contributed by atoms with van der Waals surface area (Å²) >= 11 is 4.27. The third kappa shape index (κ3) is 0.922. The Labute approximate surface area is 70.4 Å². The molecule has 0 radical (unpaired) electrons. The van der Waals surface area contributed by atoms with Gasteiger partial charge in [0.25, 0.3) is 0 Å². The molecule has 2 rings (SSSR count). The van der Waals surface area contributed by atoms with Crippen molar-refractivity contribution in [2.24, 2.45) is 0 Å². The van der Waals surface area contributed by atoms with Crippen molar-refractivity contribution < 1.29 is 0 Å². The minimum Gasteiger partial charge on any atom is -0.273 e. The molecule has 0 unspecified atom stereocenters. The predicted molar refractivity (Wildman–Crippen MR) is 48.9 cm³/mol. The van der Waals surface area contributed by atoms with Gasteiger partial charge in [-0.1, -0.05) is 24.9 Å². The highest BCUT2D eigenvalue weighted by molar-refractivity contribution is 7.78. The van der Waals surface area contributed by atoms with E-state index in [-0.39, 0.29) is 0 Å². The van der Waals surface area contributed by atoms with Gasteiger partial charge in [0.15, 0.2) is 0 Å². The molecule has 11 heavy (non-hydrogen) atoms. The SMILES string of the molecule is Cc1nc2ccccc2n1S. The number of nitrogens with zero attached hydrogens (tertiary/aromatic N) is 2. The number of fused-ring (bicyclic) bond motifs is 1. The first-order chi connectivity index (χ1) is 5.29. The summed E-state index contributed by atoms with van der Waals surface area (Å²) in [6, 6.07) is 7.94. The van der Waals surface area contributed by atoms with Gasteiger partial charge in [-0.25, -0.2) is 4.98 Å². The number of imidazole rings is 1. The molecule has 3 heteroatoms. The zero-order valence-corrected chi connectivity index (χ0v) is 7.05. The molecule has 0 N–H and O–H groups in total. The van der Waals surface area contributed by atoms with E-state index in [9.17, 15) is 0 Å². The second kappa shape index (κ2) is 2.27. The van der Waals surface area contributed by atoms with Crippen LogP contribution in [0.15, 0.2) is 24.3 Å². The fraction of sp³-hybridized carbons (Fsp3) is 0.125. The summed E-state index contributed by atoms with van der Waals surface area (Å²) in [5.74, 6) is 0.925. The highest BCUT2D eigenvalue weighted by Crippen LogP contribution is 2.15. The van der Waals surface area contributed by atoms with Crippen LogP contribution in [0, 0.1) is 6.92 Å². The van der Waals surface area contributed by atoms with E-state index in [1.165, 1.54) is 0 Å². The summed E-state index contributed by atoms with van der Waals surface area (Å²) in [6.07, 6.45) is 0. The smallest absolute Gasteiger partial charge is 0.116 e. The van der Waals surface area contributed by atoms with E-state index in [0.717, 1.165) is 16.9 Å². The van der Waals surface area contributed by atoms with Gasteiger partial charge >= 0.3 is 0 Å². The standard InChI is InChI=1S/C8H8N2S/c1-6-9-7-4-2-3-5-8(7)10(6)11/h2-5,11H,1H3. The van der Waals surface area contributed by atoms with E-state index in [2.05, 4.69) is 17.8 Å². The van der Waals surface area contributed by atoms with Crippen molar-refractivity contribution in [3.8, 4) is 0 Å². The third-order valence-corrected chi connectivity index (χ3v) is 2.20. The number of para-hydroxylation sites is 2. The lowest BCUT2D eigenvalue weighted by Gasteiger charge is -1.92. The number of benzene rings is 1. The molecule has 0 bridgehead atoms. The van der Waals surface area contributed by atoms with Gasteiger partial charge in [0, 0.05) is 0 Å². The number of thiol groups is 1. The molecular formula is C8H8N2S. The van der Waals surface area contributed by atoms with Crippen LogP contribution < -0.4 is 0 Å². The van der Waals surface area contributed by atoms with Crippen molar-refractivity contribution in [1.82, 2.24) is 8.96 Å². The van der Waals surface area contributed by atoms with Crippen molar-refractivity contribution in [2.45, 2.75) is 6.92 Å². The molecule has 1 aromatic carbocycles. The van der Waals surface area contributed by atoms with Gasteiger partial charge in [-0.15, -0.1) is 0 Å². The van der Waals surface area contributed by atoms with E-state index in [1.54, 1.807) is 3.97 Å². The number of aryl methyl sites for hydroxylation is 1. The first kappa shape index (κ1) is 6.73. The summed E-state index contributed by atoms with van der Waals surface area (Å²) in [6.45, 7) is 1.94. The first-order valence-corrected chi connectivity index (χ1v) is 3.82. The van der Waals surface area contributed by atoms with Crippen molar-refractivity contribution >= 4 is 23.8 Å². The van der Waals surface area contributed by atoms with E-state index < -0.39 is 0 Å². The van der Waals surface area contributed by atoms with Crippen LogP contribution in [0.2, 0.25) is 0 Å². The quantitative estimate of drug-likeness (QED) is 0.590. The topological polar surface area (TPSA) is 17.8 Å². The second-order valence-electron chi connectivity index (χ2n) is 2.46. The molecule has 2 aromatic rings. The van der Waals surface area contributed by atoms with Gasteiger partial charge in [-0.2, -0.15) is 0 Å². The second-order valence-corrected chi connectivity index (χ2v) is 2.86. The lowest BCUT2D eigenvalue weighted by Crippen LogP contribution is -1.81. The summed E-state index contributed by atoms with van der Waals surface area (Å²) in [5.41, 5.74) is 2.06. The van der Waals surface area contributed by atoms with Gasteiger partial charge in [-0.3, -0.25) is 3.97 Å². The molecule has 0 fully saturated rings. The van der Waals surface area contributed by atoms with Crippen LogP contribution in [-0.2, 0) is 0 Å². The van der Waals surface area contributed by atoms with Gasteiger partial charge in [0.05, 0.1) is 11.0 Å². The summed E-state index contributed by atoms with van der Waals surface area (Å²) < 4.78 is 1.79. The molecular weight excluding hydrogens is 156 g/mol. The van der Waals surface area contributed by atoms with Gasteiger partial charge in [0.1, 0.15) is 5.82 Å². The maximum atomic E-state index is 4.30. The molecule has 0 saturated carbocycles. The van der Waals surface area contributed by atoms with Crippen LogP contribution in [0.25, 0.3) is 11.0 Å². The Morgan fingerprint density at radius 2 is 2.09 bits per heavy atom. The Hall–Kier alpha value is -0.960. The number of rotatable bonds is 0. The van der Waals surface area contributed by atoms with Crippen LogP contribution in [0.3, 0.4) is 0 Å². The van der Waals surface area contributed by atoms with E-state index in [1.807, 2.05) is 31.2 Å². The number of hydrogen-bond acceptors (Lipinski definition) is 2. The lowest BCUT2D eigenvalue weighted by atomic mass is 10.3. The average molecular weight is 164 g/mol. The van der Waals surface area contributed by atoms with E-state index in [4.69, 9.17) is 0 Å². The fourth-order valence-corrected chi connectivity index (χ4v) is 1.35. The summed E-state index contributed by atoms with van der Waals surface area (Å²) in [7, 11) is 0. The summed E-state index contributed by atoms with van der Waals surface area (Å²) in [4.78, 5) is 4.30. The Balaban J connectivity index is 2.92. The number of aromatic nitrogens is 2. The zero-order chi connectivity index (χ0) is 7.84. The maximum Gasteiger partial charge on any atom is 0.116 e. The van der Waals surface area contributed by atoms with Crippen LogP contribution in [-0.4, -0.2) is 8.96 Å². The van der Waals surface area contributed by atoms with Crippen LogP contribution in [0.5, 0.6) is 0 Å². The highest BCUT2D eigenvalue weighted by Gasteiger charge is 2.01. The lowest BCUT2D eigenvalue weighted by molar-refractivity contribution is 1.12. The first-order valence-electron chi connectivity index (χ1n) is 3.42. The molecule has 0 aliphatic rings. The molecule has 0 aliphatic carbocycles. The molecule has 2 nitrogen and oxygen atoms in total. The minimum atomic E-state index is 0.925. The minimum absolute atomic E-state index is 0.925. The maximum absolute atomic E-state index is 4.30. The monoisotopic (exact) mass is 164 g/mol. The number of hydrogen-bond donors (Lipinski definition) is 1. The van der Waals surface area contributed by atoms with Gasteiger partial charge in [-0.05, 0) is 19.1 Å². The predicted octanol–water partition coefficient (Wildman–Crippen LogP) is 2.04. The molecule has 1 heterocycles. The molecule has 0 aliphatic heterocycles. The van der Waals surface area contributed by atoms with Gasteiger partial charge < -0.3 is 0 Å². The van der Waals surface area contributed by atoms with Crippen molar-refractivity contribution in [3.05, 3.63) is 30.1 Å². The largest absolute Gasteiger partial charge is 0.273 e. The van der Waals surface area contributed by atoms with Crippen LogP contribution in [0.1, 0.15) is 5.82 Å². The highest BCUT2D eigenvalue weighted by atomic mass is 32.1. The van der Waals surface area contributed by atoms with Crippen molar-refractivity contribution in [3.63, 3.8) is 0 Å². The average Bonchev–Trinajstić information content (AvgIpc) is 2.30. The summed E-state index contributed by atoms with van der Waals surface area (Å²) in [5, 5.41) is 0. The molecule has 0 amide bonds. The van der Waals surface area contributed by atoms with Crippen LogP contribution in [0.4, 0.5) is 0 Å². The van der Waals surface area contributed by atoms with Crippen LogP contribution >= 0.6 is 12.8 Å². The molecule has 0 atom stereocenters. The molecule has 0 spiro atoms. The molecule has 1 aromatic heterocycles.